The fraction of sp³-hybridized carbons (Fsp3) is 0.514. The summed E-state index contributed by atoms with van der Waals surface area (Å²) in [5, 5.41) is 13.2. The molecular weight excluding hydrogens is 480 g/mol. The molecule has 0 spiro atoms. The molecule has 5 atom stereocenters. The lowest BCUT2D eigenvalue weighted by Crippen LogP contribution is -2.67. The molecule has 5 unspecified atom stereocenters. The number of nitrogens with zero attached hydrogens (tertiary/aromatic N) is 2. The van der Waals surface area contributed by atoms with E-state index in [1.54, 1.807) is 7.11 Å². The standard InChI is InChI=1S/C35H47N2O2/c1-9-24-22-37(21-23-16-26(34(2,3)4)19-27(17-23)35(5,6)7)15-13-25(24)18-32(37)33(38)29-12-14-36-31-11-10-28(39-8)20-30(29)31/h9-12,14,16-17,19-20,24-25,32-33,38H,1,13,15,18,21-22H2,2-8H3/q+1. The van der Waals surface area contributed by atoms with Crippen molar-refractivity contribution in [1.29, 1.82) is 0 Å². The van der Waals surface area contributed by atoms with Gasteiger partial charge in [-0.15, -0.1) is 6.58 Å². The minimum atomic E-state index is -0.580. The van der Waals surface area contributed by atoms with Crippen LogP contribution < -0.4 is 4.74 Å². The molecule has 1 N–H and O–H groups in total. The van der Waals surface area contributed by atoms with Gasteiger partial charge in [0, 0.05) is 35.9 Å². The number of quaternary nitrogens is 1. The monoisotopic (exact) mass is 527 g/mol. The van der Waals surface area contributed by atoms with Crippen molar-refractivity contribution in [2.24, 2.45) is 11.8 Å². The van der Waals surface area contributed by atoms with Gasteiger partial charge in [0.15, 0.2) is 0 Å². The van der Waals surface area contributed by atoms with Gasteiger partial charge in [0.25, 0.3) is 0 Å². The molecule has 4 heterocycles. The summed E-state index contributed by atoms with van der Waals surface area (Å²) in [7, 11) is 1.69. The second-order valence-corrected chi connectivity index (χ2v) is 14.2. The third-order valence-corrected chi connectivity index (χ3v) is 9.56. The Labute approximate surface area is 235 Å². The second-order valence-electron chi connectivity index (χ2n) is 14.2. The summed E-state index contributed by atoms with van der Waals surface area (Å²) in [5.41, 5.74) is 6.16. The van der Waals surface area contributed by atoms with Crippen molar-refractivity contribution in [2.75, 3.05) is 20.2 Å². The Bertz CT molecular complexity index is 1330. The van der Waals surface area contributed by atoms with Crippen LogP contribution in [0.1, 0.15) is 82.7 Å². The molecule has 0 amide bonds. The van der Waals surface area contributed by atoms with Crippen LogP contribution in [-0.4, -0.2) is 40.8 Å². The molecule has 3 fully saturated rings. The molecule has 2 bridgehead atoms. The summed E-state index contributed by atoms with van der Waals surface area (Å²) in [4.78, 5) is 4.58. The number of benzene rings is 2. The van der Waals surface area contributed by atoms with Crippen LogP contribution in [0.3, 0.4) is 0 Å². The molecule has 3 saturated heterocycles. The van der Waals surface area contributed by atoms with Crippen molar-refractivity contribution < 1.29 is 14.3 Å². The van der Waals surface area contributed by atoms with Gasteiger partial charge in [0.05, 0.1) is 25.7 Å². The van der Waals surface area contributed by atoms with Crippen molar-refractivity contribution >= 4 is 10.9 Å². The molecule has 0 saturated carbocycles. The summed E-state index contributed by atoms with van der Waals surface area (Å²) in [6, 6.07) is 15.3. The molecule has 6 rings (SSSR count). The Morgan fingerprint density at radius 1 is 1.05 bits per heavy atom. The highest BCUT2D eigenvalue weighted by Gasteiger charge is 2.54. The Hall–Kier alpha value is -2.69. The highest BCUT2D eigenvalue weighted by Crippen LogP contribution is 2.48. The summed E-state index contributed by atoms with van der Waals surface area (Å²) in [6.07, 6.45) is 5.64. The quantitative estimate of drug-likeness (QED) is 0.267. The van der Waals surface area contributed by atoms with Crippen LogP contribution in [0.2, 0.25) is 0 Å². The van der Waals surface area contributed by atoms with Gasteiger partial charge in [0.2, 0.25) is 0 Å². The van der Waals surface area contributed by atoms with E-state index in [2.05, 4.69) is 77.4 Å². The van der Waals surface area contributed by atoms with Crippen molar-refractivity contribution in [3.63, 3.8) is 0 Å². The number of aromatic nitrogens is 1. The zero-order valence-corrected chi connectivity index (χ0v) is 25.0. The largest absolute Gasteiger partial charge is 0.497 e. The molecule has 3 aromatic rings. The predicted molar refractivity (Wildman–Crippen MR) is 161 cm³/mol. The number of piperidine rings is 3. The van der Waals surface area contributed by atoms with Crippen LogP contribution in [-0.2, 0) is 17.4 Å². The summed E-state index contributed by atoms with van der Waals surface area (Å²) < 4.78 is 6.43. The maximum absolute atomic E-state index is 12.2. The van der Waals surface area contributed by atoms with E-state index < -0.39 is 6.10 Å². The molecule has 39 heavy (non-hydrogen) atoms. The van der Waals surface area contributed by atoms with Gasteiger partial charge >= 0.3 is 0 Å². The lowest BCUT2D eigenvalue weighted by molar-refractivity contribution is -0.984. The molecule has 0 radical (unpaired) electrons. The van der Waals surface area contributed by atoms with Gasteiger partial charge in [-0.1, -0.05) is 53.7 Å². The van der Waals surface area contributed by atoms with E-state index in [-0.39, 0.29) is 16.9 Å². The van der Waals surface area contributed by atoms with Crippen LogP contribution in [0.15, 0.2) is 61.3 Å². The fourth-order valence-electron chi connectivity index (χ4n) is 7.13. The van der Waals surface area contributed by atoms with Crippen molar-refractivity contribution in [1.82, 2.24) is 4.98 Å². The Morgan fingerprint density at radius 3 is 2.36 bits per heavy atom. The molecule has 0 aliphatic carbocycles. The zero-order valence-electron chi connectivity index (χ0n) is 25.0. The number of rotatable bonds is 6. The Kier molecular flexibility index (Phi) is 7.18. The number of aliphatic hydroxyl groups is 1. The minimum absolute atomic E-state index is 0.0719. The Morgan fingerprint density at radius 2 is 1.74 bits per heavy atom. The van der Waals surface area contributed by atoms with Crippen LogP contribution >= 0.6 is 0 Å². The van der Waals surface area contributed by atoms with E-state index >= 15 is 0 Å². The maximum Gasteiger partial charge on any atom is 0.131 e. The number of aliphatic hydroxyl groups excluding tert-OH is 1. The summed E-state index contributed by atoms with van der Waals surface area (Å²) >= 11 is 0. The predicted octanol–water partition coefficient (Wildman–Crippen LogP) is 7.48. The molecular formula is C35H47N2O2+. The average molecular weight is 528 g/mol. The first-order valence-electron chi connectivity index (χ1n) is 14.6. The maximum atomic E-state index is 12.2. The highest BCUT2D eigenvalue weighted by atomic mass is 16.5. The van der Waals surface area contributed by atoms with E-state index in [0.29, 0.717) is 11.8 Å². The number of fused-ring (bicyclic) bond motifs is 4. The molecule has 208 valence electrons. The topological polar surface area (TPSA) is 42.4 Å². The van der Waals surface area contributed by atoms with Gasteiger partial charge in [-0.2, -0.15) is 0 Å². The van der Waals surface area contributed by atoms with E-state index in [1.807, 2.05) is 30.5 Å². The van der Waals surface area contributed by atoms with Gasteiger partial charge in [-0.25, -0.2) is 0 Å². The smallest absolute Gasteiger partial charge is 0.131 e. The van der Waals surface area contributed by atoms with Gasteiger partial charge in [0.1, 0.15) is 24.4 Å². The Balaban J connectivity index is 1.60. The van der Waals surface area contributed by atoms with Crippen LogP contribution in [0.4, 0.5) is 0 Å². The highest BCUT2D eigenvalue weighted by molar-refractivity contribution is 5.83. The zero-order chi connectivity index (χ0) is 28.2. The van der Waals surface area contributed by atoms with Crippen LogP contribution in [0.5, 0.6) is 5.75 Å². The molecule has 3 aliphatic heterocycles. The van der Waals surface area contributed by atoms with Gasteiger partial charge < -0.3 is 14.3 Å². The fourth-order valence-corrected chi connectivity index (χ4v) is 7.13. The van der Waals surface area contributed by atoms with Crippen molar-refractivity contribution in [3.05, 3.63) is 83.6 Å². The number of pyridine rings is 1. The van der Waals surface area contributed by atoms with E-state index in [1.165, 1.54) is 23.1 Å². The molecule has 4 nitrogen and oxygen atoms in total. The van der Waals surface area contributed by atoms with Crippen LogP contribution in [0, 0.1) is 11.8 Å². The average Bonchev–Trinajstić information content (AvgIpc) is 2.90. The number of hydrogen-bond donors (Lipinski definition) is 1. The number of hydrogen-bond acceptors (Lipinski definition) is 3. The first kappa shape index (κ1) is 27.9. The van der Waals surface area contributed by atoms with E-state index in [4.69, 9.17) is 4.74 Å². The van der Waals surface area contributed by atoms with Gasteiger partial charge in [-0.3, -0.25) is 4.98 Å². The summed E-state index contributed by atoms with van der Waals surface area (Å²) in [5.74, 6) is 1.86. The first-order valence-corrected chi connectivity index (χ1v) is 14.6. The normalized spacial score (nSPS) is 26.0. The third kappa shape index (κ3) is 5.26. The molecule has 3 aliphatic rings. The third-order valence-electron chi connectivity index (χ3n) is 9.56. The van der Waals surface area contributed by atoms with E-state index in [0.717, 1.165) is 52.8 Å². The molecule has 4 heteroatoms. The number of methoxy groups -OCH3 is 1. The van der Waals surface area contributed by atoms with E-state index in [9.17, 15) is 5.11 Å². The first-order chi connectivity index (χ1) is 18.3. The molecule has 2 aromatic carbocycles. The lowest BCUT2D eigenvalue weighted by Gasteiger charge is -2.58. The van der Waals surface area contributed by atoms with Gasteiger partial charge in [-0.05, 0) is 69.8 Å². The van der Waals surface area contributed by atoms with Crippen LogP contribution in [0.25, 0.3) is 10.9 Å². The second kappa shape index (κ2) is 10.1. The number of ether oxygens (including phenoxy) is 1. The van der Waals surface area contributed by atoms with Crippen molar-refractivity contribution in [2.45, 2.75) is 83.9 Å². The van der Waals surface area contributed by atoms with Crippen molar-refractivity contribution in [3.8, 4) is 5.75 Å². The summed E-state index contributed by atoms with van der Waals surface area (Å²) in [6.45, 7) is 21.1. The minimum Gasteiger partial charge on any atom is -0.497 e. The molecule has 1 aromatic heterocycles. The lowest BCUT2D eigenvalue weighted by atomic mass is 9.71. The SMILES string of the molecule is C=CC1C[N+]2(Cc3cc(C(C)(C)C)cc(C(C)(C)C)c3)CCC1CC2C(O)c1ccnc2ccc(OC)cc12.